The Morgan fingerprint density at radius 3 is 2.76 bits per heavy atom. The van der Waals surface area contributed by atoms with Gasteiger partial charge in [0.15, 0.2) is 0 Å². The van der Waals surface area contributed by atoms with Gasteiger partial charge in [0.2, 0.25) is 5.91 Å². The van der Waals surface area contributed by atoms with E-state index in [1.165, 1.54) is 19.2 Å². The first-order valence-corrected chi connectivity index (χ1v) is 12.8. The molecule has 1 aromatic carbocycles. The topological polar surface area (TPSA) is 116 Å². The molecule has 0 aliphatic carbocycles. The van der Waals surface area contributed by atoms with Gasteiger partial charge in [-0.25, -0.2) is 4.39 Å². The molecule has 0 bridgehead atoms. The second-order valence-electron chi connectivity index (χ2n) is 9.74. The predicted octanol–water partition coefficient (Wildman–Crippen LogP) is 2.26. The van der Waals surface area contributed by atoms with Crippen molar-refractivity contribution in [3.63, 3.8) is 0 Å². The van der Waals surface area contributed by atoms with Gasteiger partial charge in [0.25, 0.3) is 11.8 Å². The number of aromatic nitrogens is 1. The first-order valence-electron chi connectivity index (χ1n) is 12.8. The van der Waals surface area contributed by atoms with Gasteiger partial charge in [0.05, 0.1) is 35.7 Å². The van der Waals surface area contributed by atoms with Crippen LogP contribution in [-0.2, 0) is 25.5 Å². The lowest BCUT2D eigenvalue weighted by atomic mass is 10.0. The van der Waals surface area contributed by atoms with Crippen LogP contribution in [0.1, 0.15) is 39.3 Å². The zero-order valence-electron chi connectivity index (χ0n) is 21.6. The van der Waals surface area contributed by atoms with Crippen LogP contribution in [0, 0.1) is 12.7 Å². The number of carbonyl (C=O) groups is 3. The van der Waals surface area contributed by atoms with E-state index >= 15 is 0 Å². The van der Waals surface area contributed by atoms with Crippen LogP contribution in [0.3, 0.4) is 0 Å². The average molecular weight is 526 g/mol. The maximum Gasteiger partial charge on any atom is 0.256 e. The predicted molar refractivity (Wildman–Crippen MR) is 140 cm³/mol. The van der Waals surface area contributed by atoms with Crippen LogP contribution in [0.2, 0.25) is 0 Å². The number of H-pyrrole nitrogens is 1. The van der Waals surface area contributed by atoms with Gasteiger partial charge in [0, 0.05) is 63.2 Å². The molecule has 0 saturated carbocycles. The van der Waals surface area contributed by atoms with Crippen molar-refractivity contribution < 1.29 is 28.2 Å². The third-order valence-electron chi connectivity index (χ3n) is 7.23. The standard InChI is InChI=1S/C27H32FN5O5/c1-16-21(13-18-17-12-19(28)23(30-24(34)15-37-2)14-22(17)31-26(18)35)29-20-4-7-33(27(36)25(16)20)6-3-5-32-8-10-38-11-9-32/h12-14,29H,3-11,15H2,1-2H3,(H,30,34)(H,31,35)/b18-13-. The van der Waals surface area contributed by atoms with Gasteiger partial charge in [0.1, 0.15) is 12.4 Å². The summed E-state index contributed by atoms with van der Waals surface area (Å²) in [5.74, 6) is -1.56. The summed E-state index contributed by atoms with van der Waals surface area (Å²) in [6.45, 7) is 7.28. The Bertz CT molecular complexity index is 1300. The highest BCUT2D eigenvalue weighted by Gasteiger charge is 2.31. The number of fused-ring (bicyclic) bond motifs is 2. The molecule has 10 nitrogen and oxygen atoms in total. The lowest BCUT2D eigenvalue weighted by Gasteiger charge is -2.30. The van der Waals surface area contributed by atoms with Gasteiger partial charge in [-0.05, 0) is 37.1 Å². The summed E-state index contributed by atoms with van der Waals surface area (Å²) >= 11 is 0. The zero-order valence-corrected chi connectivity index (χ0v) is 21.6. The fourth-order valence-electron chi connectivity index (χ4n) is 5.24. The molecule has 202 valence electrons. The summed E-state index contributed by atoms with van der Waals surface area (Å²) in [5.41, 5.74) is 3.94. The molecule has 38 heavy (non-hydrogen) atoms. The van der Waals surface area contributed by atoms with E-state index in [0.717, 1.165) is 50.5 Å². The zero-order chi connectivity index (χ0) is 26.8. The number of halogens is 1. The Hall–Kier alpha value is -3.54. The molecule has 2 aromatic rings. The number of benzene rings is 1. The smallest absolute Gasteiger partial charge is 0.256 e. The highest BCUT2D eigenvalue weighted by molar-refractivity contribution is 6.35. The molecule has 1 fully saturated rings. The number of morpholine rings is 1. The van der Waals surface area contributed by atoms with Gasteiger partial charge in [-0.15, -0.1) is 0 Å². The molecule has 1 aromatic heterocycles. The summed E-state index contributed by atoms with van der Waals surface area (Å²) in [6.07, 6.45) is 3.26. The van der Waals surface area contributed by atoms with E-state index in [2.05, 4.69) is 20.5 Å². The van der Waals surface area contributed by atoms with Crippen LogP contribution in [0.15, 0.2) is 12.1 Å². The normalized spacial score (nSPS) is 18.5. The van der Waals surface area contributed by atoms with Gasteiger partial charge in [-0.2, -0.15) is 0 Å². The van der Waals surface area contributed by atoms with Crippen LogP contribution in [0.4, 0.5) is 15.8 Å². The molecular formula is C27H32FN5O5. The summed E-state index contributed by atoms with van der Waals surface area (Å²) < 4.78 is 24.9. The minimum atomic E-state index is -0.666. The summed E-state index contributed by atoms with van der Waals surface area (Å²) in [6, 6.07) is 2.61. The molecule has 4 heterocycles. The van der Waals surface area contributed by atoms with Crippen LogP contribution >= 0.6 is 0 Å². The van der Waals surface area contributed by atoms with Gasteiger partial charge < -0.3 is 30.0 Å². The summed E-state index contributed by atoms with van der Waals surface area (Å²) in [7, 11) is 1.37. The Morgan fingerprint density at radius 2 is 2.00 bits per heavy atom. The first kappa shape index (κ1) is 26.1. The average Bonchev–Trinajstić information content (AvgIpc) is 3.37. The number of nitrogens with one attached hydrogen (secondary N) is 3. The fourth-order valence-corrected chi connectivity index (χ4v) is 5.24. The number of hydrogen-bond donors (Lipinski definition) is 3. The minimum absolute atomic E-state index is 0.00890. The number of anilines is 2. The number of hydrogen-bond acceptors (Lipinski definition) is 6. The number of methoxy groups -OCH3 is 1. The monoisotopic (exact) mass is 525 g/mol. The maximum absolute atomic E-state index is 14.8. The van der Waals surface area contributed by atoms with Crippen molar-refractivity contribution in [3.8, 4) is 0 Å². The summed E-state index contributed by atoms with van der Waals surface area (Å²) in [5, 5.41) is 5.17. The maximum atomic E-state index is 14.8. The molecule has 5 rings (SSSR count). The number of aromatic amines is 1. The Morgan fingerprint density at radius 1 is 1.21 bits per heavy atom. The molecule has 0 atom stereocenters. The Balaban J connectivity index is 1.33. The lowest BCUT2D eigenvalue weighted by molar-refractivity contribution is -0.119. The Labute approximate surface area is 220 Å². The van der Waals surface area contributed by atoms with E-state index < -0.39 is 11.7 Å². The van der Waals surface area contributed by atoms with Crippen molar-refractivity contribution in [1.82, 2.24) is 14.8 Å². The van der Waals surface area contributed by atoms with E-state index in [-0.39, 0.29) is 29.7 Å². The molecule has 0 spiro atoms. The third kappa shape index (κ3) is 5.22. The van der Waals surface area contributed by atoms with Crippen molar-refractivity contribution in [2.45, 2.75) is 19.8 Å². The van der Waals surface area contributed by atoms with E-state index in [1.807, 2.05) is 11.8 Å². The molecule has 1 saturated heterocycles. The van der Waals surface area contributed by atoms with Crippen molar-refractivity contribution in [2.24, 2.45) is 0 Å². The van der Waals surface area contributed by atoms with E-state index in [4.69, 9.17) is 9.47 Å². The molecule has 11 heteroatoms. The summed E-state index contributed by atoms with van der Waals surface area (Å²) in [4.78, 5) is 45.5. The van der Waals surface area contributed by atoms with E-state index in [0.29, 0.717) is 42.0 Å². The number of nitrogens with zero attached hydrogens (tertiary/aromatic N) is 2. The van der Waals surface area contributed by atoms with Crippen molar-refractivity contribution >= 4 is 40.7 Å². The number of rotatable bonds is 8. The highest BCUT2D eigenvalue weighted by Crippen LogP contribution is 2.37. The van der Waals surface area contributed by atoms with Crippen molar-refractivity contribution in [1.29, 1.82) is 0 Å². The molecule has 0 unspecified atom stereocenters. The molecule has 3 aliphatic rings. The second-order valence-corrected chi connectivity index (χ2v) is 9.74. The highest BCUT2D eigenvalue weighted by atomic mass is 19.1. The van der Waals surface area contributed by atoms with Crippen molar-refractivity contribution in [2.75, 3.05) is 70.3 Å². The van der Waals surface area contributed by atoms with Crippen LogP contribution < -0.4 is 10.6 Å². The van der Waals surface area contributed by atoms with Crippen LogP contribution in [0.25, 0.3) is 11.6 Å². The van der Waals surface area contributed by atoms with Gasteiger partial charge in [-0.1, -0.05) is 0 Å². The molecule has 0 radical (unpaired) electrons. The molecular weight excluding hydrogens is 493 g/mol. The lowest BCUT2D eigenvalue weighted by Crippen LogP contribution is -2.41. The van der Waals surface area contributed by atoms with Crippen LogP contribution in [-0.4, -0.2) is 92.2 Å². The van der Waals surface area contributed by atoms with Crippen LogP contribution in [0.5, 0.6) is 0 Å². The first-order chi connectivity index (χ1) is 18.4. The second kappa shape index (κ2) is 11.1. The van der Waals surface area contributed by atoms with Gasteiger partial charge in [-0.3, -0.25) is 19.3 Å². The third-order valence-corrected chi connectivity index (χ3v) is 7.23. The largest absolute Gasteiger partial charge is 0.379 e. The minimum Gasteiger partial charge on any atom is -0.379 e. The number of carbonyl (C=O) groups excluding carboxylic acids is 3. The number of amides is 3. The molecule has 3 amide bonds. The Kier molecular flexibility index (Phi) is 7.59. The SMILES string of the molecule is COCC(=O)Nc1cc2c(cc1F)/C(=C/c1[nH]c3c(c1C)C(=O)N(CCCN1CCOCC1)CC3)C(=O)N2. The van der Waals surface area contributed by atoms with E-state index in [1.54, 1.807) is 6.08 Å². The fraction of sp³-hybridized carbons (Fsp3) is 0.444. The molecule has 3 aliphatic heterocycles. The van der Waals surface area contributed by atoms with Gasteiger partial charge >= 0.3 is 0 Å². The van der Waals surface area contributed by atoms with E-state index in [9.17, 15) is 18.8 Å². The number of ether oxygens (including phenoxy) is 2. The molecule has 3 N–H and O–H groups in total. The quantitative estimate of drug-likeness (QED) is 0.456. The van der Waals surface area contributed by atoms with Crippen molar-refractivity contribution in [3.05, 3.63) is 46.0 Å².